The van der Waals surface area contributed by atoms with Crippen LogP contribution in [-0.2, 0) is 0 Å². The van der Waals surface area contributed by atoms with Gasteiger partial charge in [-0.15, -0.1) is 0 Å². The molecule has 0 saturated heterocycles. The van der Waals surface area contributed by atoms with Gasteiger partial charge in [-0.25, -0.2) is 9.37 Å². The topological polar surface area (TPSA) is 128 Å². The third-order valence-corrected chi connectivity index (χ3v) is 6.33. The third kappa shape index (κ3) is 5.57. The van der Waals surface area contributed by atoms with Crippen LogP contribution in [0.4, 0.5) is 10.2 Å². The maximum absolute atomic E-state index is 13.2. The second-order valence-corrected chi connectivity index (χ2v) is 9.11. The van der Waals surface area contributed by atoms with E-state index in [0.29, 0.717) is 45.5 Å². The first-order valence-electron chi connectivity index (χ1n) is 11.9. The Kier molecular flexibility index (Phi) is 7.49. The molecule has 0 aliphatic rings. The number of nitrogens with zero attached hydrogens (tertiary/aromatic N) is 3. The van der Waals surface area contributed by atoms with Crippen LogP contribution in [0.2, 0.25) is 5.02 Å². The molecule has 11 heteroatoms. The van der Waals surface area contributed by atoms with Gasteiger partial charge in [0.25, 0.3) is 0 Å². The number of fused-ring (bicyclic) bond motifs is 3. The zero-order valence-electron chi connectivity index (χ0n) is 21.2. The normalized spacial score (nSPS) is 11.9. The Balaban J connectivity index is 1.37. The highest BCUT2D eigenvalue weighted by Crippen LogP contribution is 2.37. The highest BCUT2D eigenvalue weighted by atomic mass is 35.5. The predicted octanol–water partition coefficient (Wildman–Crippen LogP) is 5.02. The molecular formula is C28H25ClFN5O4. The molecule has 4 N–H and O–H groups in total. The molecule has 0 unspecified atom stereocenters. The monoisotopic (exact) mass is 549 g/mol. The minimum atomic E-state index is -0.477. The van der Waals surface area contributed by atoms with Gasteiger partial charge in [-0.05, 0) is 41.8 Å². The third-order valence-electron chi connectivity index (χ3n) is 6.03. The minimum absolute atomic E-state index is 0.122. The molecule has 1 atom stereocenters. The van der Waals surface area contributed by atoms with Crippen LogP contribution in [-0.4, -0.2) is 48.4 Å². The second-order valence-electron chi connectivity index (χ2n) is 8.70. The molecule has 5 rings (SSSR count). The average Bonchev–Trinajstić information content (AvgIpc) is 2.94. The molecular weight excluding hydrogens is 525 g/mol. The smallest absolute Gasteiger partial charge is 0.162 e. The van der Waals surface area contributed by atoms with E-state index in [2.05, 4.69) is 15.0 Å². The summed E-state index contributed by atoms with van der Waals surface area (Å²) in [7, 11) is 3.16. The Morgan fingerprint density at radius 2 is 1.64 bits per heavy atom. The van der Waals surface area contributed by atoms with E-state index in [1.165, 1.54) is 18.2 Å². The first-order valence-corrected chi connectivity index (χ1v) is 12.3. The molecule has 3 heterocycles. The van der Waals surface area contributed by atoms with Crippen molar-refractivity contribution in [3.05, 3.63) is 71.9 Å². The number of benzene rings is 2. The summed E-state index contributed by atoms with van der Waals surface area (Å²) in [5.41, 5.74) is 14.5. The number of hydrogen-bond acceptors (Lipinski definition) is 9. The highest BCUT2D eigenvalue weighted by molar-refractivity contribution is 6.32. The van der Waals surface area contributed by atoms with Crippen molar-refractivity contribution in [3.63, 3.8) is 0 Å². The minimum Gasteiger partial charge on any atom is -0.493 e. The summed E-state index contributed by atoms with van der Waals surface area (Å²) in [6, 6.07) is 10.8. The van der Waals surface area contributed by atoms with Gasteiger partial charge in [0.1, 0.15) is 36.3 Å². The molecule has 0 saturated carbocycles. The molecule has 0 fully saturated rings. The number of nitrogen functional groups attached to an aromatic ring is 1. The van der Waals surface area contributed by atoms with Crippen LogP contribution in [0.15, 0.2) is 61.1 Å². The lowest BCUT2D eigenvalue weighted by molar-refractivity contribution is 0.220. The molecule has 9 nitrogen and oxygen atoms in total. The molecule has 0 spiro atoms. The Morgan fingerprint density at radius 3 is 2.41 bits per heavy atom. The number of ether oxygens (including phenoxy) is 4. The van der Waals surface area contributed by atoms with Crippen molar-refractivity contribution in [2.45, 2.75) is 6.04 Å². The fraction of sp³-hybridized carbons (Fsp3) is 0.179. The van der Waals surface area contributed by atoms with Crippen molar-refractivity contribution in [1.82, 2.24) is 15.0 Å². The molecule has 0 aliphatic carbocycles. The molecule has 5 aromatic rings. The van der Waals surface area contributed by atoms with Crippen LogP contribution >= 0.6 is 11.6 Å². The van der Waals surface area contributed by atoms with E-state index < -0.39 is 11.9 Å². The molecule has 200 valence electrons. The molecule has 0 aliphatic heterocycles. The van der Waals surface area contributed by atoms with E-state index in [4.69, 9.17) is 42.0 Å². The molecule has 0 bridgehead atoms. The molecule has 39 heavy (non-hydrogen) atoms. The average molecular weight is 550 g/mol. The number of methoxy groups -OCH3 is 2. The summed E-state index contributed by atoms with van der Waals surface area (Å²) in [5.74, 6) is 1.88. The predicted molar refractivity (Wildman–Crippen MR) is 148 cm³/mol. The number of rotatable bonds is 9. The van der Waals surface area contributed by atoms with Gasteiger partial charge in [-0.1, -0.05) is 11.6 Å². The van der Waals surface area contributed by atoms with Crippen LogP contribution in [0.1, 0.15) is 0 Å². The number of halogens is 2. The molecule has 0 amide bonds. The largest absolute Gasteiger partial charge is 0.493 e. The summed E-state index contributed by atoms with van der Waals surface area (Å²) in [6.45, 7) is 0.270. The van der Waals surface area contributed by atoms with Crippen LogP contribution in [0, 0.1) is 5.82 Å². The van der Waals surface area contributed by atoms with Crippen molar-refractivity contribution in [3.8, 4) is 34.3 Å². The Hall–Kier alpha value is -4.41. The van der Waals surface area contributed by atoms with Crippen molar-refractivity contribution in [2.24, 2.45) is 5.73 Å². The van der Waals surface area contributed by atoms with Gasteiger partial charge in [0.2, 0.25) is 0 Å². The summed E-state index contributed by atoms with van der Waals surface area (Å²) < 4.78 is 35.6. The number of aromatic nitrogens is 3. The SMILES string of the molecule is COc1cc2ncc3c(N)nc(-c4cncc(OC[C@@H](N)COc5ccc(F)cc5Cl)c4)cc3c2cc1OC. The lowest BCUT2D eigenvalue weighted by Gasteiger charge is -2.15. The summed E-state index contributed by atoms with van der Waals surface area (Å²) >= 11 is 5.99. The highest BCUT2D eigenvalue weighted by Gasteiger charge is 2.14. The van der Waals surface area contributed by atoms with Crippen molar-refractivity contribution >= 4 is 39.1 Å². The zero-order valence-corrected chi connectivity index (χ0v) is 21.9. The maximum Gasteiger partial charge on any atom is 0.162 e. The van der Waals surface area contributed by atoms with Crippen molar-refractivity contribution in [1.29, 1.82) is 0 Å². The zero-order chi connectivity index (χ0) is 27.5. The van der Waals surface area contributed by atoms with Gasteiger partial charge >= 0.3 is 0 Å². The summed E-state index contributed by atoms with van der Waals surface area (Å²) in [5, 5.41) is 2.58. The van der Waals surface area contributed by atoms with Crippen LogP contribution < -0.4 is 30.4 Å². The van der Waals surface area contributed by atoms with E-state index in [9.17, 15) is 4.39 Å². The van der Waals surface area contributed by atoms with Gasteiger partial charge in [0.15, 0.2) is 11.5 Å². The summed E-state index contributed by atoms with van der Waals surface area (Å²) in [6.07, 6.45) is 4.94. The van der Waals surface area contributed by atoms with Crippen LogP contribution in [0.5, 0.6) is 23.0 Å². The Morgan fingerprint density at radius 1 is 0.872 bits per heavy atom. The van der Waals surface area contributed by atoms with Gasteiger partial charge in [-0.2, -0.15) is 0 Å². The van der Waals surface area contributed by atoms with Crippen LogP contribution in [0.25, 0.3) is 32.9 Å². The van der Waals surface area contributed by atoms with Crippen molar-refractivity contribution in [2.75, 3.05) is 33.2 Å². The van der Waals surface area contributed by atoms with E-state index in [-0.39, 0.29) is 18.2 Å². The number of anilines is 1. The van der Waals surface area contributed by atoms with E-state index in [0.717, 1.165) is 16.3 Å². The fourth-order valence-electron chi connectivity index (χ4n) is 4.08. The van der Waals surface area contributed by atoms with Gasteiger partial charge in [0.05, 0.1) is 42.7 Å². The van der Waals surface area contributed by atoms with Gasteiger partial charge in [0, 0.05) is 34.8 Å². The Bertz CT molecular complexity index is 1670. The van der Waals surface area contributed by atoms with E-state index in [1.807, 2.05) is 18.2 Å². The lowest BCUT2D eigenvalue weighted by atomic mass is 10.0. The van der Waals surface area contributed by atoms with E-state index >= 15 is 0 Å². The first kappa shape index (κ1) is 26.2. The lowest BCUT2D eigenvalue weighted by Crippen LogP contribution is -2.34. The maximum atomic E-state index is 13.2. The second kappa shape index (κ2) is 11.1. The molecule has 0 radical (unpaired) electrons. The fourth-order valence-corrected chi connectivity index (χ4v) is 4.31. The van der Waals surface area contributed by atoms with Crippen LogP contribution in [0.3, 0.4) is 0 Å². The Labute approximate surface area is 228 Å². The number of pyridine rings is 3. The van der Waals surface area contributed by atoms with E-state index in [1.54, 1.807) is 38.9 Å². The standard InChI is InChI=1S/C28H25ClFN5O4/c1-36-26-8-20-19-7-23(35-28(32)21(19)12-34-24(20)9-27(26)37-2)15-5-18(11-33-10-15)38-13-17(31)14-39-25-4-3-16(30)6-22(25)29/h3-12,17H,13-14,31H2,1-2H3,(H2,32,35)/t17-/m1/s1. The number of nitrogens with two attached hydrogens (primary N) is 2. The van der Waals surface area contributed by atoms with Gasteiger partial charge < -0.3 is 30.4 Å². The van der Waals surface area contributed by atoms with Gasteiger partial charge in [-0.3, -0.25) is 9.97 Å². The first-order chi connectivity index (χ1) is 18.9. The number of hydrogen-bond donors (Lipinski definition) is 2. The quantitative estimate of drug-likeness (QED) is 0.243. The molecule has 3 aromatic heterocycles. The molecule has 2 aromatic carbocycles. The van der Waals surface area contributed by atoms with Crippen molar-refractivity contribution < 1.29 is 23.3 Å². The summed E-state index contributed by atoms with van der Waals surface area (Å²) in [4.78, 5) is 13.4.